The molecule has 1 amide bonds. The van der Waals surface area contributed by atoms with Crippen molar-refractivity contribution in [2.75, 3.05) is 13.1 Å². The van der Waals surface area contributed by atoms with Gasteiger partial charge >= 0.3 is 0 Å². The number of nitrogens with zero attached hydrogens (tertiary/aromatic N) is 5. The third kappa shape index (κ3) is 4.55. The summed E-state index contributed by atoms with van der Waals surface area (Å²) in [6, 6.07) is 9.46. The molecular formula is C20H24N6O3S. The van der Waals surface area contributed by atoms with Crippen molar-refractivity contribution in [1.29, 1.82) is 0 Å². The number of nitrogens with one attached hydrogen (secondary N) is 1. The van der Waals surface area contributed by atoms with E-state index in [0.29, 0.717) is 18.9 Å². The molecule has 0 aliphatic carbocycles. The number of aromatic nitrogens is 4. The molecule has 0 spiro atoms. The second kappa shape index (κ2) is 9.14. The molecule has 2 aromatic heterocycles. The van der Waals surface area contributed by atoms with Crippen molar-refractivity contribution < 1.29 is 13.2 Å². The van der Waals surface area contributed by atoms with Crippen LogP contribution in [-0.2, 0) is 10.0 Å². The van der Waals surface area contributed by atoms with Gasteiger partial charge in [0.2, 0.25) is 10.0 Å². The van der Waals surface area contributed by atoms with E-state index in [-0.39, 0.29) is 22.5 Å². The molecule has 0 unspecified atom stereocenters. The number of hydrogen-bond donors (Lipinski definition) is 1. The zero-order valence-corrected chi connectivity index (χ0v) is 17.9. The van der Waals surface area contributed by atoms with Crippen LogP contribution in [0.5, 0.6) is 0 Å². The minimum Gasteiger partial charge on any atom is -0.344 e. The molecule has 9 nitrogen and oxygen atoms in total. The SMILES string of the molecule is CCN(CC)S(=O)(=O)c1ccc([C@@H](C)NC(=O)c2ccc(-n3ccnc3)nn2)cc1. The fourth-order valence-corrected chi connectivity index (χ4v) is 4.43. The van der Waals surface area contributed by atoms with Crippen molar-refractivity contribution in [2.45, 2.75) is 31.7 Å². The molecule has 0 aliphatic rings. The summed E-state index contributed by atoms with van der Waals surface area (Å²) in [7, 11) is -3.51. The van der Waals surface area contributed by atoms with Gasteiger partial charge in [0.15, 0.2) is 11.5 Å². The van der Waals surface area contributed by atoms with E-state index in [2.05, 4.69) is 20.5 Å². The first-order valence-corrected chi connectivity index (χ1v) is 11.0. The maximum atomic E-state index is 12.6. The lowest BCUT2D eigenvalue weighted by molar-refractivity contribution is 0.0933. The summed E-state index contributed by atoms with van der Waals surface area (Å²) in [5.74, 6) is 0.189. The molecule has 0 saturated carbocycles. The molecule has 1 atom stereocenters. The minimum absolute atomic E-state index is 0.187. The first-order chi connectivity index (χ1) is 14.4. The van der Waals surface area contributed by atoms with E-state index < -0.39 is 10.0 Å². The number of benzene rings is 1. The lowest BCUT2D eigenvalue weighted by Crippen LogP contribution is -2.30. The van der Waals surface area contributed by atoms with Crippen LogP contribution in [0.25, 0.3) is 5.82 Å². The van der Waals surface area contributed by atoms with Gasteiger partial charge < -0.3 is 5.32 Å². The highest BCUT2D eigenvalue weighted by Crippen LogP contribution is 2.19. The summed E-state index contributed by atoms with van der Waals surface area (Å²) in [6.07, 6.45) is 4.95. The molecule has 2 heterocycles. The number of sulfonamides is 1. The Bertz CT molecular complexity index is 1080. The van der Waals surface area contributed by atoms with Gasteiger partial charge in [-0.05, 0) is 36.8 Å². The van der Waals surface area contributed by atoms with Crippen LogP contribution in [-0.4, -0.2) is 51.5 Å². The average Bonchev–Trinajstić information content (AvgIpc) is 3.29. The van der Waals surface area contributed by atoms with Crippen molar-refractivity contribution in [3.05, 3.63) is 66.4 Å². The number of carbonyl (C=O) groups excluding carboxylic acids is 1. The number of carbonyl (C=O) groups is 1. The first kappa shape index (κ1) is 21.6. The zero-order chi connectivity index (χ0) is 21.7. The average molecular weight is 429 g/mol. The number of amides is 1. The molecule has 0 aliphatic heterocycles. The fraction of sp³-hybridized carbons (Fsp3) is 0.300. The van der Waals surface area contributed by atoms with Crippen molar-refractivity contribution >= 4 is 15.9 Å². The van der Waals surface area contributed by atoms with Gasteiger partial charge in [0.05, 0.1) is 10.9 Å². The largest absolute Gasteiger partial charge is 0.344 e. The van der Waals surface area contributed by atoms with Gasteiger partial charge in [0, 0.05) is 25.5 Å². The van der Waals surface area contributed by atoms with Gasteiger partial charge in [-0.25, -0.2) is 13.4 Å². The van der Waals surface area contributed by atoms with E-state index in [9.17, 15) is 13.2 Å². The van der Waals surface area contributed by atoms with E-state index in [1.807, 2.05) is 6.92 Å². The summed E-state index contributed by atoms with van der Waals surface area (Å²) in [6.45, 7) is 6.25. The van der Waals surface area contributed by atoms with Crippen LogP contribution < -0.4 is 5.32 Å². The first-order valence-electron chi connectivity index (χ1n) is 9.59. The second-order valence-electron chi connectivity index (χ2n) is 6.60. The minimum atomic E-state index is -3.51. The fourth-order valence-electron chi connectivity index (χ4n) is 2.97. The van der Waals surface area contributed by atoms with E-state index in [0.717, 1.165) is 5.56 Å². The van der Waals surface area contributed by atoms with Crippen LogP contribution in [0.3, 0.4) is 0 Å². The predicted octanol–water partition coefficient (Wildman–Crippen LogP) is 2.18. The van der Waals surface area contributed by atoms with Crippen LogP contribution in [0.2, 0.25) is 0 Å². The Labute approximate surface area is 175 Å². The Balaban J connectivity index is 1.68. The summed E-state index contributed by atoms with van der Waals surface area (Å²) in [5, 5.41) is 10.9. The van der Waals surface area contributed by atoms with E-state index >= 15 is 0 Å². The van der Waals surface area contributed by atoms with E-state index in [1.54, 1.807) is 73.5 Å². The van der Waals surface area contributed by atoms with Gasteiger partial charge in [-0.2, -0.15) is 4.31 Å². The molecule has 10 heteroatoms. The molecule has 158 valence electrons. The van der Waals surface area contributed by atoms with E-state index in [4.69, 9.17) is 0 Å². The number of rotatable bonds is 8. The van der Waals surface area contributed by atoms with Crippen molar-refractivity contribution in [1.82, 2.24) is 29.4 Å². The second-order valence-corrected chi connectivity index (χ2v) is 8.54. The number of imidazole rings is 1. The Morgan fingerprint density at radius 1 is 1.10 bits per heavy atom. The van der Waals surface area contributed by atoms with Crippen molar-refractivity contribution in [3.63, 3.8) is 0 Å². The van der Waals surface area contributed by atoms with Gasteiger partial charge in [0.25, 0.3) is 5.91 Å². The topological polar surface area (TPSA) is 110 Å². The molecule has 0 radical (unpaired) electrons. The van der Waals surface area contributed by atoms with Crippen LogP contribution in [0.4, 0.5) is 0 Å². The van der Waals surface area contributed by atoms with Crippen LogP contribution in [0.1, 0.15) is 42.9 Å². The molecule has 3 rings (SSSR count). The lowest BCUT2D eigenvalue weighted by Gasteiger charge is -2.19. The summed E-state index contributed by atoms with van der Waals surface area (Å²) < 4.78 is 28.3. The van der Waals surface area contributed by atoms with Crippen LogP contribution in [0.15, 0.2) is 60.0 Å². The van der Waals surface area contributed by atoms with Crippen molar-refractivity contribution in [2.24, 2.45) is 0 Å². The highest BCUT2D eigenvalue weighted by Gasteiger charge is 2.22. The normalized spacial score (nSPS) is 12.7. The standard InChI is InChI=1S/C20H24N6O3S/c1-4-26(5-2)30(28,29)17-8-6-16(7-9-17)15(3)22-20(27)18-10-11-19(24-23-18)25-13-12-21-14-25/h6-15H,4-5H2,1-3H3,(H,22,27)/t15-/m1/s1. The molecule has 1 aromatic carbocycles. The third-order valence-electron chi connectivity index (χ3n) is 4.72. The summed E-state index contributed by atoms with van der Waals surface area (Å²) >= 11 is 0. The molecule has 0 saturated heterocycles. The Kier molecular flexibility index (Phi) is 6.58. The van der Waals surface area contributed by atoms with Crippen LogP contribution >= 0.6 is 0 Å². The highest BCUT2D eigenvalue weighted by molar-refractivity contribution is 7.89. The van der Waals surface area contributed by atoms with Gasteiger partial charge in [-0.3, -0.25) is 9.36 Å². The molecule has 3 aromatic rings. The van der Waals surface area contributed by atoms with Gasteiger partial charge in [0.1, 0.15) is 6.33 Å². The predicted molar refractivity (Wildman–Crippen MR) is 112 cm³/mol. The lowest BCUT2D eigenvalue weighted by atomic mass is 10.1. The molecule has 1 N–H and O–H groups in total. The molecule has 0 fully saturated rings. The smallest absolute Gasteiger partial charge is 0.272 e. The summed E-state index contributed by atoms with van der Waals surface area (Å²) in [4.78, 5) is 16.7. The van der Waals surface area contributed by atoms with Gasteiger partial charge in [-0.15, -0.1) is 10.2 Å². The Hall–Kier alpha value is -3.11. The Morgan fingerprint density at radius 3 is 2.33 bits per heavy atom. The van der Waals surface area contributed by atoms with Crippen molar-refractivity contribution in [3.8, 4) is 5.82 Å². The third-order valence-corrected chi connectivity index (χ3v) is 6.79. The maximum absolute atomic E-state index is 12.6. The Morgan fingerprint density at radius 2 is 1.80 bits per heavy atom. The maximum Gasteiger partial charge on any atom is 0.272 e. The molecule has 30 heavy (non-hydrogen) atoms. The quantitative estimate of drug-likeness (QED) is 0.589. The van der Waals surface area contributed by atoms with Gasteiger partial charge in [-0.1, -0.05) is 26.0 Å². The van der Waals surface area contributed by atoms with E-state index in [1.165, 1.54) is 4.31 Å². The summed E-state index contributed by atoms with van der Waals surface area (Å²) in [5.41, 5.74) is 0.969. The number of hydrogen-bond acceptors (Lipinski definition) is 6. The monoisotopic (exact) mass is 428 g/mol. The molecule has 0 bridgehead atoms. The zero-order valence-electron chi connectivity index (χ0n) is 17.1. The van der Waals surface area contributed by atoms with Crippen LogP contribution in [0, 0.1) is 0 Å². The molecular weight excluding hydrogens is 404 g/mol. The highest BCUT2D eigenvalue weighted by atomic mass is 32.2.